The van der Waals surface area contributed by atoms with Crippen molar-refractivity contribution in [3.63, 3.8) is 0 Å². The maximum atomic E-state index is 12.0. The van der Waals surface area contributed by atoms with E-state index in [1.807, 2.05) is 0 Å². The van der Waals surface area contributed by atoms with Gasteiger partial charge in [0.15, 0.2) is 0 Å². The van der Waals surface area contributed by atoms with Gasteiger partial charge in [0.1, 0.15) is 13.1 Å². The minimum absolute atomic E-state index is 0.00974. The van der Waals surface area contributed by atoms with Crippen LogP contribution in [0.15, 0.2) is 0 Å². The van der Waals surface area contributed by atoms with Gasteiger partial charge in [-0.05, 0) is 0 Å². The molecule has 1 heterocycles. The second kappa shape index (κ2) is 7.05. The Bertz CT molecular complexity index is 360. The van der Waals surface area contributed by atoms with Crippen LogP contribution in [0.5, 0.6) is 0 Å². The standard InChI is InChI=1S/C11H19N3O5/c1-12-7-10(17)14(11(12)18)8-9(16)13(3-5-15)4-6-19-2/h15H,3-8H2,1-2H3. The maximum absolute atomic E-state index is 12.0. The van der Waals surface area contributed by atoms with E-state index < -0.39 is 11.9 Å². The van der Waals surface area contributed by atoms with Crippen molar-refractivity contribution in [3.8, 4) is 0 Å². The number of aliphatic hydroxyl groups excluding tert-OH is 1. The molecule has 0 atom stereocenters. The van der Waals surface area contributed by atoms with Crippen LogP contribution < -0.4 is 0 Å². The van der Waals surface area contributed by atoms with E-state index in [0.29, 0.717) is 13.2 Å². The first kappa shape index (κ1) is 15.4. The zero-order valence-electron chi connectivity index (χ0n) is 11.2. The first-order valence-corrected chi connectivity index (χ1v) is 5.94. The molecule has 0 spiro atoms. The number of carbonyl (C=O) groups is 3. The highest BCUT2D eigenvalue weighted by molar-refractivity contribution is 6.04. The highest BCUT2D eigenvalue weighted by atomic mass is 16.5. The number of hydrogen-bond acceptors (Lipinski definition) is 5. The summed E-state index contributed by atoms with van der Waals surface area (Å²) in [6, 6.07) is -0.478. The Balaban J connectivity index is 2.60. The van der Waals surface area contributed by atoms with Crippen LogP contribution >= 0.6 is 0 Å². The summed E-state index contributed by atoms with van der Waals surface area (Å²) in [6.45, 7) is 0.289. The third kappa shape index (κ3) is 3.90. The zero-order valence-corrected chi connectivity index (χ0v) is 11.2. The van der Waals surface area contributed by atoms with Crippen LogP contribution in [0, 0.1) is 0 Å². The summed E-state index contributed by atoms with van der Waals surface area (Å²) in [5, 5.41) is 8.90. The molecular formula is C11H19N3O5. The molecule has 0 bridgehead atoms. The van der Waals surface area contributed by atoms with E-state index in [-0.39, 0.29) is 32.1 Å². The van der Waals surface area contributed by atoms with Gasteiger partial charge >= 0.3 is 6.03 Å². The Morgan fingerprint density at radius 3 is 2.58 bits per heavy atom. The normalized spacial score (nSPS) is 15.3. The number of carbonyl (C=O) groups excluding carboxylic acids is 3. The first-order valence-electron chi connectivity index (χ1n) is 5.94. The predicted octanol–water partition coefficient (Wildman–Crippen LogP) is -1.65. The SMILES string of the molecule is COCCN(CCO)C(=O)CN1C(=O)CN(C)C1=O. The van der Waals surface area contributed by atoms with Crippen molar-refractivity contribution in [2.24, 2.45) is 0 Å². The van der Waals surface area contributed by atoms with Crippen LogP contribution in [0.4, 0.5) is 4.79 Å². The molecule has 0 aromatic rings. The summed E-state index contributed by atoms with van der Waals surface area (Å²) in [5.74, 6) is -0.778. The molecule has 4 amide bonds. The van der Waals surface area contributed by atoms with Gasteiger partial charge in [0, 0.05) is 27.2 Å². The van der Waals surface area contributed by atoms with Gasteiger partial charge in [-0.25, -0.2) is 4.79 Å². The van der Waals surface area contributed by atoms with E-state index in [9.17, 15) is 14.4 Å². The lowest BCUT2D eigenvalue weighted by atomic mass is 10.4. The highest BCUT2D eigenvalue weighted by Gasteiger charge is 2.35. The molecule has 0 aliphatic carbocycles. The molecule has 0 saturated carbocycles. The number of imide groups is 1. The average Bonchev–Trinajstić information content (AvgIpc) is 2.61. The predicted molar refractivity (Wildman–Crippen MR) is 65.3 cm³/mol. The Hall–Kier alpha value is -1.67. The third-order valence-corrected chi connectivity index (χ3v) is 2.81. The summed E-state index contributed by atoms with van der Waals surface area (Å²) < 4.78 is 4.87. The lowest BCUT2D eigenvalue weighted by Crippen LogP contribution is -2.45. The second-order valence-corrected chi connectivity index (χ2v) is 4.22. The van der Waals surface area contributed by atoms with Gasteiger partial charge in [0.05, 0.1) is 13.2 Å². The molecule has 1 fully saturated rings. The number of hydrogen-bond donors (Lipinski definition) is 1. The van der Waals surface area contributed by atoms with E-state index in [4.69, 9.17) is 9.84 Å². The van der Waals surface area contributed by atoms with E-state index in [1.165, 1.54) is 24.0 Å². The van der Waals surface area contributed by atoms with Crippen LogP contribution in [0.25, 0.3) is 0 Å². The smallest absolute Gasteiger partial charge is 0.327 e. The fourth-order valence-corrected chi connectivity index (χ4v) is 1.74. The number of methoxy groups -OCH3 is 1. The highest BCUT2D eigenvalue weighted by Crippen LogP contribution is 2.08. The maximum Gasteiger partial charge on any atom is 0.327 e. The molecular weight excluding hydrogens is 254 g/mol. The lowest BCUT2D eigenvalue weighted by molar-refractivity contribution is -0.137. The van der Waals surface area contributed by atoms with Crippen LogP contribution in [-0.4, -0.2) is 91.2 Å². The Morgan fingerprint density at radius 1 is 1.42 bits per heavy atom. The van der Waals surface area contributed by atoms with Gasteiger partial charge in [0.25, 0.3) is 5.91 Å². The number of urea groups is 1. The molecule has 1 saturated heterocycles. The molecule has 1 aliphatic rings. The third-order valence-electron chi connectivity index (χ3n) is 2.81. The van der Waals surface area contributed by atoms with Gasteiger partial charge in [-0.1, -0.05) is 0 Å². The van der Waals surface area contributed by atoms with Crippen LogP contribution in [0.3, 0.4) is 0 Å². The summed E-state index contributed by atoms with van der Waals surface area (Å²) in [7, 11) is 3.01. The van der Waals surface area contributed by atoms with Gasteiger partial charge in [-0.15, -0.1) is 0 Å². The van der Waals surface area contributed by atoms with Gasteiger partial charge in [-0.2, -0.15) is 0 Å². The monoisotopic (exact) mass is 273 g/mol. The van der Waals surface area contributed by atoms with Gasteiger partial charge in [0.2, 0.25) is 5.91 Å². The van der Waals surface area contributed by atoms with E-state index in [1.54, 1.807) is 0 Å². The number of aliphatic hydroxyl groups is 1. The number of rotatable bonds is 7. The van der Waals surface area contributed by atoms with Crippen LogP contribution in [0.1, 0.15) is 0 Å². The molecule has 0 aromatic carbocycles. The molecule has 8 nitrogen and oxygen atoms in total. The Morgan fingerprint density at radius 2 is 2.11 bits per heavy atom. The van der Waals surface area contributed by atoms with Crippen molar-refractivity contribution in [1.82, 2.24) is 14.7 Å². The second-order valence-electron chi connectivity index (χ2n) is 4.22. The number of likely N-dealkylation sites (N-methyl/N-ethyl adjacent to an activating group) is 1. The molecule has 1 aliphatic heterocycles. The zero-order chi connectivity index (χ0) is 14.4. The Labute approximate surface area is 111 Å². The first-order chi connectivity index (χ1) is 9.01. The number of amides is 4. The molecule has 108 valence electrons. The summed E-state index contributed by atoms with van der Waals surface area (Å²) in [4.78, 5) is 38.7. The van der Waals surface area contributed by atoms with Gasteiger partial charge in [-0.3, -0.25) is 14.5 Å². The Kier molecular flexibility index (Phi) is 5.71. The average molecular weight is 273 g/mol. The summed E-state index contributed by atoms with van der Waals surface area (Å²) >= 11 is 0. The van der Waals surface area contributed by atoms with E-state index >= 15 is 0 Å². The van der Waals surface area contributed by atoms with Crippen molar-refractivity contribution in [2.45, 2.75) is 0 Å². The molecule has 1 rings (SSSR count). The number of ether oxygens (including phenoxy) is 1. The minimum atomic E-state index is -0.478. The summed E-state index contributed by atoms with van der Waals surface area (Å²) in [6.07, 6.45) is 0. The van der Waals surface area contributed by atoms with Crippen LogP contribution in [-0.2, 0) is 14.3 Å². The van der Waals surface area contributed by atoms with Crippen molar-refractivity contribution >= 4 is 17.8 Å². The van der Waals surface area contributed by atoms with Crippen molar-refractivity contribution < 1.29 is 24.2 Å². The van der Waals surface area contributed by atoms with E-state index in [2.05, 4.69) is 0 Å². The molecule has 0 aromatic heterocycles. The van der Waals surface area contributed by atoms with Crippen molar-refractivity contribution in [3.05, 3.63) is 0 Å². The number of nitrogens with zero attached hydrogens (tertiary/aromatic N) is 3. The molecule has 0 unspecified atom stereocenters. The van der Waals surface area contributed by atoms with Crippen molar-refractivity contribution in [1.29, 1.82) is 0 Å². The molecule has 8 heteroatoms. The lowest BCUT2D eigenvalue weighted by Gasteiger charge is -2.23. The fraction of sp³-hybridized carbons (Fsp3) is 0.727. The fourth-order valence-electron chi connectivity index (χ4n) is 1.74. The van der Waals surface area contributed by atoms with Gasteiger partial charge < -0.3 is 19.6 Å². The molecule has 19 heavy (non-hydrogen) atoms. The molecule has 0 radical (unpaired) electrons. The van der Waals surface area contributed by atoms with Crippen LogP contribution in [0.2, 0.25) is 0 Å². The minimum Gasteiger partial charge on any atom is -0.395 e. The summed E-state index contributed by atoms with van der Waals surface area (Å²) in [5.41, 5.74) is 0. The quantitative estimate of drug-likeness (QED) is 0.561. The van der Waals surface area contributed by atoms with E-state index in [0.717, 1.165) is 4.90 Å². The molecule has 1 N–H and O–H groups in total. The largest absolute Gasteiger partial charge is 0.395 e. The topological polar surface area (TPSA) is 90.4 Å². The van der Waals surface area contributed by atoms with Crippen molar-refractivity contribution in [2.75, 3.05) is 53.6 Å².